The molecular weight excluding hydrogens is 371 g/mol. The van der Waals surface area contributed by atoms with Crippen molar-refractivity contribution in [2.24, 2.45) is 0 Å². The number of halogens is 2. The summed E-state index contributed by atoms with van der Waals surface area (Å²) in [7, 11) is 0. The summed E-state index contributed by atoms with van der Waals surface area (Å²) in [6.45, 7) is 2.01. The average molecular weight is 389 g/mol. The maximum absolute atomic E-state index is 13.3. The molecule has 1 heterocycles. The number of amides is 1. The third-order valence-corrected chi connectivity index (χ3v) is 4.56. The van der Waals surface area contributed by atoms with Gasteiger partial charge in [-0.3, -0.25) is 4.79 Å². The Morgan fingerprint density at radius 3 is 2.67 bits per heavy atom. The van der Waals surface area contributed by atoms with E-state index in [0.717, 1.165) is 0 Å². The Labute approximate surface area is 160 Å². The van der Waals surface area contributed by atoms with Crippen molar-refractivity contribution in [3.8, 4) is 0 Å². The molecule has 7 heteroatoms. The molecule has 0 saturated carbocycles. The summed E-state index contributed by atoms with van der Waals surface area (Å²) in [6.07, 6.45) is 0. The molecule has 1 amide bonds. The molecule has 0 aliphatic heterocycles. The lowest BCUT2D eigenvalue weighted by molar-refractivity contribution is -0.134. The number of aromatic nitrogens is 1. The van der Waals surface area contributed by atoms with Crippen LogP contribution in [0, 0.1) is 5.82 Å². The normalized spacial score (nSPS) is 10.8. The van der Waals surface area contributed by atoms with Crippen molar-refractivity contribution in [2.45, 2.75) is 13.5 Å². The fraction of sp³-hybridized carbons (Fsp3) is 0.200. The lowest BCUT2D eigenvalue weighted by Crippen LogP contribution is -2.34. The van der Waals surface area contributed by atoms with E-state index in [0.29, 0.717) is 23.0 Å². The van der Waals surface area contributed by atoms with E-state index in [1.165, 1.54) is 17.0 Å². The van der Waals surface area contributed by atoms with Crippen molar-refractivity contribution < 1.29 is 18.7 Å². The van der Waals surface area contributed by atoms with E-state index in [4.69, 9.17) is 16.3 Å². The molecule has 0 aliphatic carbocycles. The number of nitrogens with zero attached hydrogens (tertiary/aromatic N) is 1. The number of benzene rings is 2. The first-order valence-electron chi connectivity index (χ1n) is 8.45. The number of hydrogen-bond acceptors (Lipinski definition) is 3. The maximum atomic E-state index is 13.3. The minimum atomic E-state index is -0.702. The predicted octanol–water partition coefficient (Wildman–Crippen LogP) is 4.17. The number of carbonyl (C=O) groups is 2. The number of para-hydroxylation sites is 1. The number of carbonyl (C=O) groups excluding carboxylic acids is 2. The Bertz CT molecular complexity index is 986. The van der Waals surface area contributed by atoms with E-state index >= 15 is 0 Å². The molecule has 140 valence electrons. The standard InChI is InChI=1S/C20H18ClFN2O3/c1-2-24(11-13-6-5-7-14(22)10-13)17(25)12-27-20(26)19-18(21)15-8-3-4-9-16(15)23-19/h3-10,23H,2,11-12H2,1H3. The SMILES string of the molecule is CCN(Cc1cccc(F)c1)C(=O)COC(=O)c1[nH]c2ccccc2c1Cl. The van der Waals surface area contributed by atoms with Gasteiger partial charge >= 0.3 is 5.97 Å². The smallest absolute Gasteiger partial charge is 0.356 e. The molecule has 27 heavy (non-hydrogen) atoms. The van der Waals surface area contributed by atoms with Gasteiger partial charge in [0.25, 0.3) is 5.91 Å². The molecule has 0 atom stereocenters. The number of likely N-dealkylation sites (N-methyl/N-ethyl adjacent to an activating group) is 1. The van der Waals surface area contributed by atoms with Gasteiger partial charge in [-0.15, -0.1) is 0 Å². The number of esters is 1. The number of aromatic amines is 1. The van der Waals surface area contributed by atoms with Crippen LogP contribution < -0.4 is 0 Å². The van der Waals surface area contributed by atoms with Gasteiger partial charge in [0.1, 0.15) is 11.5 Å². The molecule has 0 saturated heterocycles. The van der Waals surface area contributed by atoms with E-state index in [2.05, 4.69) is 4.98 Å². The summed E-state index contributed by atoms with van der Waals surface area (Å²) in [5, 5.41) is 0.967. The third-order valence-electron chi connectivity index (χ3n) is 4.17. The summed E-state index contributed by atoms with van der Waals surface area (Å²) in [4.78, 5) is 29.0. The molecule has 0 spiro atoms. The second kappa shape index (κ2) is 8.22. The van der Waals surface area contributed by atoms with Crippen LogP contribution in [-0.4, -0.2) is 34.9 Å². The van der Waals surface area contributed by atoms with Crippen LogP contribution in [0.5, 0.6) is 0 Å². The van der Waals surface area contributed by atoms with Crippen LogP contribution in [0.3, 0.4) is 0 Å². The minimum absolute atomic E-state index is 0.110. The lowest BCUT2D eigenvalue weighted by atomic mass is 10.2. The van der Waals surface area contributed by atoms with E-state index in [1.54, 1.807) is 31.2 Å². The highest BCUT2D eigenvalue weighted by Gasteiger charge is 2.20. The largest absolute Gasteiger partial charge is 0.451 e. The molecule has 0 unspecified atom stereocenters. The molecular formula is C20H18ClFN2O3. The number of ether oxygens (including phenoxy) is 1. The number of hydrogen-bond donors (Lipinski definition) is 1. The highest BCUT2D eigenvalue weighted by molar-refractivity contribution is 6.38. The first kappa shape index (κ1) is 18.9. The number of H-pyrrole nitrogens is 1. The van der Waals surface area contributed by atoms with Gasteiger partial charge in [0.05, 0.1) is 5.02 Å². The summed E-state index contributed by atoms with van der Waals surface area (Å²) < 4.78 is 18.4. The lowest BCUT2D eigenvalue weighted by Gasteiger charge is -2.20. The van der Waals surface area contributed by atoms with Crippen molar-refractivity contribution in [1.82, 2.24) is 9.88 Å². The molecule has 3 aromatic rings. The topological polar surface area (TPSA) is 62.4 Å². The van der Waals surface area contributed by atoms with Gasteiger partial charge in [0.15, 0.2) is 6.61 Å². The summed E-state index contributed by atoms with van der Waals surface area (Å²) in [5.74, 6) is -1.44. The molecule has 1 N–H and O–H groups in total. The Hall–Kier alpha value is -2.86. The van der Waals surface area contributed by atoms with Crippen LogP contribution in [0.1, 0.15) is 23.0 Å². The molecule has 1 aromatic heterocycles. The van der Waals surface area contributed by atoms with E-state index < -0.39 is 12.6 Å². The van der Waals surface area contributed by atoms with Gasteiger partial charge in [-0.1, -0.05) is 41.9 Å². The first-order chi connectivity index (χ1) is 13.0. The van der Waals surface area contributed by atoms with Gasteiger partial charge in [-0.25, -0.2) is 9.18 Å². The van der Waals surface area contributed by atoms with Crippen LogP contribution in [0.2, 0.25) is 5.02 Å². The minimum Gasteiger partial charge on any atom is -0.451 e. The van der Waals surface area contributed by atoms with Crippen molar-refractivity contribution >= 4 is 34.4 Å². The second-order valence-electron chi connectivity index (χ2n) is 5.97. The number of nitrogens with one attached hydrogen (secondary N) is 1. The first-order valence-corrected chi connectivity index (χ1v) is 8.83. The zero-order valence-electron chi connectivity index (χ0n) is 14.7. The Morgan fingerprint density at radius 2 is 1.96 bits per heavy atom. The Kier molecular flexibility index (Phi) is 5.76. The van der Waals surface area contributed by atoms with Crippen molar-refractivity contribution in [2.75, 3.05) is 13.2 Å². The number of rotatable bonds is 6. The summed E-state index contributed by atoms with van der Waals surface area (Å²) in [6, 6.07) is 13.2. The van der Waals surface area contributed by atoms with Crippen LogP contribution in [0.4, 0.5) is 4.39 Å². The third kappa shape index (κ3) is 4.28. The van der Waals surface area contributed by atoms with Crippen molar-refractivity contribution in [1.29, 1.82) is 0 Å². The van der Waals surface area contributed by atoms with Crippen LogP contribution in [0.25, 0.3) is 10.9 Å². The highest BCUT2D eigenvalue weighted by Crippen LogP contribution is 2.27. The maximum Gasteiger partial charge on any atom is 0.356 e. The fourth-order valence-corrected chi connectivity index (χ4v) is 3.06. The average Bonchev–Trinajstić information content (AvgIpc) is 3.01. The predicted molar refractivity (Wildman–Crippen MR) is 101 cm³/mol. The molecule has 5 nitrogen and oxygen atoms in total. The fourth-order valence-electron chi connectivity index (χ4n) is 2.77. The zero-order valence-corrected chi connectivity index (χ0v) is 15.4. The van der Waals surface area contributed by atoms with Gasteiger partial charge in [-0.2, -0.15) is 0 Å². The molecule has 0 radical (unpaired) electrons. The second-order valence-corrected chi connectivity index (χ2v) is 6.35. The Morgan fingerprint density at radius 1 is 1.19 bits per heavy atom. The molecule has 0 aliphatic rings. The highest BCUT2D eigenvalue weighted by atomic mass is 35.5. The summed E-state index contributed by atoms with van der Waals surface area (Å²) in [5.41, 5.74) is 1.48. The van der Waals surface area contributed by atoms with Crippen LogP contribution in [-0.2, 0) is 16.1 Å². The number of fused-ring (bicyclic) bond motifs is 1. The molecule has 0 bridgehead atoms. The summed E-state index contributed by atoms with van der Waals surface area (Å²) >= 11 is 6.22. The molecule has 0 fully saturated rings. The van der Waals surface area contributed by atoms with Gasteiger partial charge in [-0.05, 0) is 30.7 Å². The van der Waals surface area contributed by atoms with Gasteiger partial charge < -0.3 is 14.6 Å². The molecule has 3 rings (SSSR count). The van der Waals surface area contributed by atoms with E-state index in [-0.39, 0.29) is 29.0 Å². The van der Waals surface area contributed by atoms with Crippen LogP contribution in [0.15, 0.2) is 48.5 Å². The van der Waals surface area contributed by atoms with E-state index in [9.17, 15) is 14.0 Å². The van der Waals surface area contributed by atoms with Gasteiger partial charge in [0.2, 0.25) is 0 Å². The molecule has 2 aromatic carbocycles. The quantitative estimate of drug-likeness (QED) is 0.645. The van der Waals surface area contributed by atoms with Gasteiger partial charge in [0, 0.05) is 24.0 Å². The van der Waals surface area contributed by atoms with Crippen molar-refractivity contribution in [3.63, 3.8) is 0 Å². The van der Waals surface area contributed by atoms with Crippen LogP contribution >= 0.6 is 11.6 Å². The zero-order chi connectivity index (χ0) is 19.4. The Balaban J connectivity index is 1.64. The monoisotopic (exact) mass is 388 g/mol. The van der Waals surface area contributed by atoms with Crippen molar-refractivity contribution in [3.05, 3.63) is 70.6 Å². The van der Waals surface area contributed by atoms with E-state index in [1.807, 2.05) is 12.1 Å².